The van der Waals surface area contributed by atoms with Crippen LogP contribution in [0.5, 0.6) is 11.5 Å². The van der Waals surface area contributed by atoms with Crippen LogP contribution < -0.4 is 10.1 Å². The lowest BCUT2D eigenvalue weighted by atomic mass is 10.3. The van der Waals surface area contributed by atoms with Crippen LogP contribution >= 0.6 is 31.9 Å². The van der Waals surface area contributed by atoms with E-state index in [0.29, 0.717) is 14.6 Å². The molecule has 0 fully saturated rings. The average molecular weight is 446 g/mol. The number of carbonyl (C=O) groups excluding carboxylic acids is 1. The Kier molecular flexibility index (Phi) is 5.56. The number of anilines is 1. The molecule has 0 aliphatic heterocycles. The summed E-state index contributed by atoms with van der Waals surface area (Å²) in [6, 6.07) is 8.83. The van der Waals surface area contributed by atoms with E-state index in [-0.39, 0.29) is 23.8 Å². The second-order valence-corrected chi connectivity index (χ2v) is 6.06. The van der Waals surface area contributed by atoms with E-state index >= 15 is 0 Å². The van der Waals surface area contributed by atoms with Gasteiger partial charge in [0, 0.05) is 11.8 Å². The molecule has 9 heteroatoms. The van der Waals surface area contributed by atoms with E-state index < -0.39 is 10.8 Å². The molecule has 2 rings (SSSR count). The summed E-state index contributed by atoms with van der Waals surface area (Å²) in [6.45, 7) is -0.388. The van der Waals surface area contributed by atoms with Gasteiger partial charge in [-0.2, -0.15) is 0 Å². The number of phenols is 1. The third-order valence-electron chi connectivity index (χ3n) is 2.72. The van der Waals surface area contributed by atoms with E-state index in [1.54, 1.807) is 6.07 Å². The van der Waals surface area contributed by atoms with Gasteiger partial charge >= 0.3 is 5.69 Å². The zero-order chi connectivity index (χ0) is 17.0. The van der Waals surface area contributed by atoms with Gasteiger partial charge in [-0.15, -0.1) is 0 Å². The monoisotopic (exact) mass is 444 g/mol. The minimum atomic E-state index is -0.582. The fourth-order valence-corrected chi connectivity index (χ4v) is 2.89. The molecule has 2 N–H and O–H groups in total. The Bertz CT molecular complexity index is 744. The van der Waals surface area contributed by atoms with E-state index in [2.05, 4.69) is 37.2 Å². The van der Waals surface area contributed by atoms with Crippen molar-refractivity contribution >= 4 is 49.1 Å². The Balaban J connectivity index is 2.03. The van der Waals surface area contributed by atoms with Crippen LogP contribution in [0.2, 0.25) is 0 Å². The third-order valence-corrected chi connectivity index (χ3v) is 3.93. The molecule has 0 aliphatic rings. The minimum Gasteiger partial charge on any atom is -0.506 e. The van der Waals surface area contributed by atoms with Gasteiger partial charge in [0.2, 0.25) is 0 Å². The Hall–Kier alpha value is -2.13. The topological polar surface area (TPSA) is 102 Å². The van der Waals surface area contributed by atoms with Crippen molar-refractivity contribution in [1.29, 1.82) is 0 Å². The van der Waals surface area contributed by atoms with Crippen LogP contribution in [0.3, 0.4) is 0 Å². The number of rotatable bonds is 5. The van der Waals surface area contributed by atoms with Gasteiger partial charge in [0.05, 0.1) is 13.9 Å². The molecule has 0 radical (unpaired) electrons. The summed E-state index contributed by atoms with van der Waals surface area (Å²) in [4.78, 5) is 22.1. The number of nitro benzene ring substituents is 1. The molecule has 0 heterocycles. The first-order chi connectivity index (χ1) is 10.9. The van der Waals surface area contributed by atoms with E-state index in [9.17, 15) is 20.0 Å². The average Bonchev–Trinajstić information content (AvgIpc) is 2.50. The lowest BCUT2D eigenvalue weighted by molar-refractivity contribution is -0.385. The highest BCUT2D eigenvalue weighted by Crippen LogP contribution is 2.35. The molecule has 0 bridgehead atoms. The molecular formula is C14H10Br2N2O5. The highest BCUT2D eigenvalue weighted by Gasteiger charge is 2.15. The van der Waals surface area contributed by atoms with Crippen molar-refractivity contribution in [3.05, 3.63) is 55.5 Å². The number of nitrogens with one attached hydrogen (secondary N) is 1. The normalized spacial score (nSPS) is 10.2. The van der Waals surface area contributed by atoms with Gasteiger partial charge < -0.3 is 15.2 Å². The second-order valence-electron chi connectivity index (χ2n) is 4.35. The highest BCUT2D eigenvalue weighted by molar-refractivity contribution is 9.11. The van der Waals surface area contributed by atoms with Gasteiger partial charge in [0.25, 0.3) is 5.91 Å². The summed E-state index contributed by atoms with van der Waals surface area (Å²) >= 11 is 6.30. The number of hydrogen-bond donors (Lipinski definition) is 2. The largest absolute Gasteiger partial charge is 0.506 e. The molecule has 0 spiro atoms. The molecule has 0 aromatic heterocycles. The van der Waals surface area contributed by atoms with Crippen molar-refractivity contribution in [2.75, 3.05) is 11.9 Å². The van der Waals surface area contributed by atoms with Crippen molar-refractivity contribution in [2.45, 2.75) is 0 Å². The Morgan fingerprint density at radius 2 is 1.87 bits per heavy atom. The molecule has 0 atom stereocenters. The zero-order valence-electron chi connectivity index (χ0n) is 11.5. The number of benzene rings is 2. The van der Waals surface area contributed by atoms with E-state index in [1.165, 1.54) is 30.3 Å². The van der Waals surface area contributed by atoms with Crippen LogP contribution in [0.4, 0.5) is 11.4 Å². The number of nitrogens with zero attached hydrogens (tertiary/aromatic N) is 1. The maximum Gasteiger partial charge on any atom is 0.310 e. The number of nitro groups is 1. The predicted molar refractivity (Wildman–Crippen MR) is 90.7 cm³/mol. The minimum absolute atomic E-state index is 0.0131. The summed E-state index contributed by atoms with van der Waals surface area (Å²) in [7, 11) is 0. The zero-order valence-corrected chi connectivity index (χ0v) is 14.6. The first-order valence-electron chi connectivity index (χ1n) is 6.22. The molecule has 2 aromatic carbocycles. The Labute approximate surface area is 147 Å². The standard InChI is InChI=1S/C14H10Br2N2O5/c15-9-5-8(6-10(16)14(9)20)17-13(19)7-23-12-4-2-1-3-11(12)18(21)22/h1-6,20H,7H2,(H,17,19). The second kappa shape index (κ2) is 7.42. The first-order valence-corrected chi connectivity index (χ1v) is 7.81. The van der Waals surface area contributed by atoms with Gasteiger partial charge in [-0.05, 0) is 50.1 Å². The van der Waals surface area contributed by atoms with E-state index in [0.717, 1.165) is 0 Å². The van der Waals surface area contributed by atoms with E-state index in [4.69, 9.17) is 4.74 Å². The van der Waals surface area contributed by atoms with Gasteiger partial charge in [0.1, 0.15) is 5.75 Å². The Morgan fingerprint density at radius 1 is 1.26 bits per heavy atom. The van der Waals surface area contributed by atoms with Gasteiger partial charge in [-0.25, -0.2) is 0 Å². The molecule has 0 saturated heterocycles. The van der Waals surface area contributed by atoms with Crippen LogP contribution in [-0.2, 0) is 4.79 Å². The number of halogens is 2. The number of ether oxygens (including phenoxy) is 1. The lowest BCUT2D eigenvalue weighted by Crippen LogP contribution is -2.20. The van der Waals surface area contributed by atoms with Crippen LogP contribution in [-0.4, -0.2) is 22.5 Å². The summed E-state index contributed by atoms with van der Waals surface area (Å²) in [5.74, 6) is -0.465. The fourth-order valence-electron chi connectivity index (χ4n) is 1.71. The quantitative estimate of drug-likeness (QED) is 0.413. The number of aromatic hydroxyl groups is 1. The number of phenolic OH excluding ortho intramolecular Hbond substituents is 1. The van der Waals surface area contributed by atoms with Crippen LogP contribution in [0, 0.1) is 10.1 Å². The molecule has 0 saturated carbocycles. The molecule has 0 aliphatic carbocycles. The highest BCUT2D eigenvalue weighted by atomic mass is 79.9. The summed E-state index contributed by atoms with van der Waals surface area (Å²) in [5, 5.41) is 23.0. The van der Waals surface area contributed by atoms with E-state index in [1.807, 2.05) is 0 Å². The summed E-state index contributed by atoms with van der Waals surface area (Å²) in [5.41, 5.74) is 0.216. The molecule has 0 unspecified atom stereocenters. The Morgan fingerprint density at radius 3 is 2.48 bits per heavy atom. The maximum absolute atomic E-state index is 11.9. The maximum atomic E-state index is 11.9. The number of amides is 1. The lowest BCUT2D eigenvalue weighted by Gasteiger charge is -2.09. The first kappa shape index (κ1) is 17.2. The van der Waals surface area contributed by atoms with Gasteiger partial charge in [-0.3, -0.25) is 14.9 Å². The van der Waals surface area contributed by atoms with Crippen LogP contribution in [0.15, 0.2) is 45.3 Å². The smallest absolute Gasteiger partial charge is 0.310 e. The third kappa shape index (κ3) is 4.42. The van der Waals surface area contributed by atoms with Crippen molar-refractivity contribution < 1.29 is 19.6 Å². The molecular weight excluding hydrogens is 436 g/mol. The molecule has 2 aromatic rings. The van der Waals surface area contributed by atoms with Gasteiger partial charge in [-0.1, -0.05) is 12.1 Å². The van der Waals surface area contributed by atoms with Crippen molar-refractivity contribution in [3.63, 3.8) is 0 Å². The number of para-hydroxylation sites is 2. The summed E-state index contributed by atoms with van der Waals surface area (Å²) in [6.07, 6.45) is 0. The van der Waals surface area contributed by atoms with Crippen LogP contribution in [0.25, 0.3) is 0 Å². The van der Waals surface area contributed by atoms with Crippen LogP contribution in [0.1, 0.15) is 0 Å². The van der Waals surface area contributed by atoms with Crippen molar-refractivity contribution in [3.8, 4) is 11.5 Å². The molecule has 120 valence electrons. The fraction of sp³-hybridized carbons (Fsp3) is 0.0714. The SMILES string of the molecule is O=C(COc1ccccc1[N+](=O)[O-])Nc1cc(Br)c(O)c(Br)c1. The predicted octanol–water partition coefficient (Wildman–Crippen LogP) is 3.84. The van der Waals surface area contributed by atoms with Crippen molar-refractivity contribution in [2.24, 2.45) is 0 Å². The summed E-state index contributed by atoms with van der Waals surface area (Å²) < 4.78 is 6.00. The number of carbonyl (C=O) groups is 1. The number of hydrogen-bond acceptors (Lipinski definition) is 5. The molecule has 1 amide bonds. The molecule has 23 heavy (non-hydrogen) atoms. The van der Waals surface area contributed by atoms with Crippen molar-refractivity contribution in [1.82, 2.24) is 0 Å². The van der Waals surface area contributed by atoms with Gasteiger partial charge in [0.15, 0.2) is 12.4 Å². The molecule has 7 nitrogen and oxygen atoms in total.